The summed E-state index contributed by atoms with van der Waals surface area (Å²) < 4.78 is 0. The number of aromatic nitrogens is 1. The minimum absolute atomic E-state index is 0.0737. The third-order valence-corrected chi connectivity index (χ3v) is 4.12. The van der Waals surface area contributed by atoms with E-state index in [4.69, 9.17) is 5.73 Å². The number of nitrogens with one attached hydrogen (secondary N) is 1. The van der Waals surface area contributed by atoms with Gasteiger partial charge in [-0.05, 0) is 37.1 Å². The average Bonchev–Trinajstić information content (AvgIpc) is 2.48. The first kappa shape index (κ1) is 13.6. The number of nitrogens with two attached hydrogens (primary N) is 1. The van der Waals surface area contributed by atoms with Crippen molar-refractivity contribution in [1.29, 1.82) is 0 Å². The molecule has 3 N–H and O–H groups in total. The second kappa shape index (κ2) is 5.95. The second-order valence-corrected chi connectivity index (χ2v) is 5.54. The summed E-state index contributed by atoms with van der Waals surface area (Å²) in [5.41, 5.74) is 8.15. The average molecular weight is 280 g/mol. The third-order valence-electron chi connectivity index (χ3n) is 4.12. The maximum Gasteiger partial charge on any atom is 0.193 e. The molecule has 4 nitrogen and oxygen atoms in total. The molecule has 108 valence electrons. The van der Waals surface area contributed by atoms with Crippen molar-refractivity contribution < 1.29 is 0 Å². The summed E-state index contributed by atoms with van der Waals surface area (Å²) in [6.45, 7) is 0.690. The number of aliphatic imine (C=N–C) groups is 1. The summed E-state index contributed by atoms with van der Waals surface area (Å²) in [6, 6.07) is 15.9. The van der Waals surface area contributed by atoms with E-state index in [9.17, 15) is 0 Å². The van der Waals surface area contributed by atoms with Crippen LogP contribution in [0.3, 0.4) is 0 Å². The van der Waals surface area contributed by atoms with Gasteiger partial charge in [-0.15, -0.1) is 0 Å². The van der Waals surface area contributed by atoms with E-state index in [1.54, 1.807) is 0 Å². The number of anilines is 1. The van der Waals surface area contributed by atoms with Gasteiger partial charge in [-0.3, -0.25) is 9.98 Å². The number of pyridine rings is 1. The van der Waals surface area contributed by atoms with Crippen LogP contribution in [0.5, 0.6) is 0 Å². The lowest BCUT2D eigenvalue weighted by Gasteiger charge is -2.40. The molecule has 4 heteroatoms. The van der Waals surface area contributed by atoms with Crippen molar-refractivity contribution >= 4 is 11.6 Å². The zero-order valence-corrected chi connectivity index (χ0v) is 12.0. The topological polar surface area (TPSA) is 63.3 Å². The Balaban J connectivity index is 1.69. The van der Waals surface area contributed by atoms with Crippen LogP contribution < -0.4 is 11.1 Å². The molecule has 0 unspecified atom stereocenters. The van der Waals surface area contributed by atoms with Crippen LogP contribution in [0, 0.1) is 0 Å². The van der Waals surface area contributed by atoms with Crippen LogP contribution in [0.2, 0.25) is 0 Å². The van der Waals surface area contributed by atoms with E-state index in [1.807, 2.05) is 48.7 Å². The fourth-order valence-electron chi connectivity index (χ4n) is 2.72. The maximum absolute atomic E-state index is 5.99. The molecule has 0 atom stereocenters. The molecule has 1 aromatic heterocycles. The van der Waals surface area contributed by atoms with Gasteiger partial charge >= 0.3 is 0 Å². The number of benzene rings is 1. The van der Waals surface area contributed by atoms with Crippen LogP contribution in [0.4, 0.5) is 5.69 Å². The normalized spacial score (nSPS) is 17.0. The molecule has 0 bridgehead atoms. The zero-order valence-electron chi connectivity index (χ0n) is 12.0. The van der Waals surface area contributed by atoms with E-state index in [1.165, 1.54) is 6.42 Å². The van der Waals surface area contributed by atoms with E-state index in [-0.39, 0.29) is 5.41 Å². The van der Waals surface area contributed by atoms with Crippen molar-refractivity contribution in [2.24, 2.45) is 10.7 Å². The summed E-state index contributed by atoms with van der Waals surface area (Å²) in [7, 11) is 0. The van der Waals surface area contributed by atoms with Crippen molar-refractivity contribution in [2.45, 2.75) is 24.7 Å². The molecular weight excluding hydrogens is 260 g/mol. The van der Waals surface area contributed by atoms with E-state index in [0.29, 0.717) is 12.5 Å². The molecule has 0 aliphatic heterocycles. The number of guanidine groups is 1. The quantitative estimate of drug-likeness (QED) is 0.668. The van der Waals surface area contributed by atoms with Gasteiger partial charge in [0.2, 0.25) is 0 Å². The molecule has 0 radical (unpaired) electrons. The van der Waals surface area contributed by atoms with Crippen molar-refractivity contribution in [3.8, 4) is 0 Å². The molecule has 1 aliphatic rings. The van der Waals surface area contributed by atoms with Crippen LogP contribution in [0.15, 0.2) is 59.7 Å². The van der Waals surface area contributed by atoms with Gasteiger partial charge in [0.05, 0.1) is 6.54 Å². The maximum atomic E-state index is 5.99. The molecule has 1 aliphatic carbocycles. The molecule has 0 saturated heterocycles. The highest BCUT2D eigenvalue weighted by molar-refractivity contribution is 5.92. The molecule has 1 saturated carbocycles. The van der Waals surface area contributed by atoms with Crippen molar-refractivity contribution in [3.05, 3.63) is 60.4 Å². The fourth-order valence-corrected chi connectivity index (χ4v) is 2.72. The van der Waals surface area contributed by atoms with E-state index in [2.05, 4.69) is 21.4 Å². The number of hydrogen-bond donors (Lipinski definition) is 2. The smallest absolute Gasteiger partial charge is 0.193 e. The Morgan fingerprint density at radius 2 is 1.90 bits per heavy atom. The van der Waals surface area contributed by atoms with Gasteiger partial charge in [-0.25, -0.2) is 0 Å². The first-order valence-electron chi connectivity index (χ1n) is 7.32. The Bertz CT molecular complexity index is 603. The minimum Gasteiger partial charge on any atom is -0.370 e. The summed E-state index contributed by atoms with van der Waals surface area (Å²) in [4.78, 5) is 9.04. The Kier molecular flexibility index (Phi) is 3.86. The van der Waals surface area contributed by atoms with Crippen molar-refractivity contribution in [1.82, 2.24) is 4.98 Å². The van der Waals surface area contributed by atoms with Gasteiger partial charge in [-0.2, -0.15) is 0 Å². The summed E-state index contributed by atoms with van der Waals surface area (Å²) >= 11 is 0. The number of para-hydroxylation sites is 1. The Morgan fingerprint density at radius 3 is 2.52 bits per heavy atom. The summed E-state index contributed by atoms with van der Waals surface area (Å²) in [6.07, 6.45) is 5.35. The van der Waals surface area contributed by atoms with E-state index < -0.39 is 0 Å². The highest BCUT2D eigenvalue weighted by atomic mass is 15.1. The Labute approximate surface area is 125 Å². The fraction of sp³-hybridized carbons (Fsp3) is 0.294. The van der Waals surface area contributed by atoms with E-state index >= 15 is 0 Å². The molecule has 21 heavy (non-hydrogen) atoms. The highest BCUT2D eigenvalue weighted by Gasteiger charge is 2.39. The predicted octanol–water partition coefficient (Wildman–Crippen LogP) is 2.93. The first-order valence-corrected chi connectivity index (χ1v) is 7.32. The molecule has 1 heterocycles. The van der Waals surface area contributed by atoms with Gasteiger partial charge in [0.1, 0.15) is 0 Å². The van der Waals surface area contributed by atoms with Crippen LogP contribution in [-0.2, 0) is 5.41 Å². The molecule has 2 aromatic rings. The zero-order chi connectivity index (χ0) is 14.5. The lowest BCUT2D eigenvalue weighted by Crippen LogP contribution is -2.39. The lowest BCUT2D eigenvalue weighted by molar-refractivity contribution is 0.246. The van der Waals surface area contributed by atoms with Gasteiger partial charge in [0.25, 0.3) is 0 Å². The van der Waals surface area contributed by atoms with Crippen molar-refractivity contribution in [3.63, 3.8) is 0 Å². The number of rotatable bonds is 4. The summed E-state index contributed by atoms with van der Waals surface area (Å²) in [5, 5.41) is 3.12. The Hall–Kier alpha value is -2.36. The summed E-state index contributed by atoms with van der Waals surface area (Å²) in [5.74, 6) is 0.461. The van der Waals surface area contributed by atoms with Crippen LogP contribution in [-0.4, -0.2) is 17.5 Å². The molecular formula is C17H20N4. The van der Waals surface area contributed by atoms with Crippen LogP contribution in [0.1, 0.15) is 25.0 Å². The van der Waals surface area contributed by atoms with Gasteiger partial charge in [0, 0.05) is 23.0 Å². The third kappa shape index (κ3) is 3.05. The lowest BCUT2D eigenvalue weighted by atomic mass is 9.66. The van der Waals surface area contributed by atoms with Gasteiger partial charge in [0.15, 0.2) is 5.96 Å². The van der Waals surface area contributed by atoms with Gasteiger partial charge < -0.3 is 11.1 Å². The molecule has 1 fully saturated rings. The van der Waals surface area contributed by atoms with Crippen LogP contribution in [0.25, 0.3) is 0 Å². The first-order chi connectivity index (χ1) is 10.3. The van der Waals surface area contributed by atoms with E-state index in [0.717, 1.165) is 24.2 Å². The number of hydrogen-bond acceptors (Lipinski definition) is 2. The molecule has 0 spiro atoms. The monoisotopic (exact) mass is 280 g/mol. The van der Waals surface area contributed by atoms with Crippen molar-refractivity contribution in [2.75, 3.05) is 11.9 Å². The standard InChI is InChI=1S/C17H20N4/c18-16(21-14-7-2-1-3-8-14)20-13-17(10-6-11-17)15-9-4-5-12-19-15/h1-5,7-9,12H,6,10-11,13H2,(H3,18,20,21). The second-order valence-electron chi connectivity index (χ2n) is 5.54. The SMILES string of the molecule is NC(=NCC1(c2ccccn2)CCC1)Nc1ccccc1. The van der Waals surface area contributed by atoms with Crippen LogP contribution >= 0.6 is 0 Å². The number of nitrogens with zero attached hydrogens (tertiary/aromatic N) is 2. The minimum atomic E-state index is 0.0737. The molecule has 3 rings (SSSR count). The highest BCUT2D eigenvalue weighted by Crippen LogP contribution is 2.42. The molecule has 0 amide bonds. The van der Waals surface area contributed by atoms with Gasteiger partial charge in [-0.1, -0.05) is 30.7 Å². The predicted molar refractivity (Wildman–Crippen MR) is 86.3 cm³/mol. The Morgan fingerprint density at radius 1 is 1.14 bits per heavy atom. The largest absolute Gasteiger partial charge is 0.370 e. The molecule has 1 aromatic carbocycles.